The number of nitrogens with one attached hydrogen (secondary N) is 1. The molecule has 0 fully saturated rings. The summed E-state index contributed by atoms with van der Waals surface area (Å²) in [5.41, 5.74) is 4.15. The number of hydrogen-bond donors (Lipinski definition) is 2. The average molecular weight is 466 g/mol. The Balaban J connectivity index is 1.54. The minimum atomic E-state index is -0.567. The molecule has 0 saturated heterocycles. The van der Waals surface area contributed by atoms with Crippen LogP contribution in [0.3, 0.4) is 0 Å². The van der Waals surface area contributed by atoms with Crippen molar-refractivity contribution in [1.82, 2.24) is 14.8 Å². The molecule has 0 radical (unpaired) electrons. The molecule has 3 heterocycles. The number of ether oxygens (including phenoxy) is 2. The molecule has 2 atom stereocenters. The third-order valence-corrected chi connectivity index (χ3v) is 6.25. The number of aliphatic hydroxyl groups excluding tert-OH is 1. The number of methoxy groups -OCH3 is 1. The number of aliphatic hydroxyl groups is 1. The van der Waals surface area contributed by atoms with Crippen LogP contribution >= 0.6 is 11.6 Å². The second kappa shape index (κ2) is 8.57. The summed E-state index contributed by atoms with van der Waals surface area (Å²) in [5, 5.41) is 18.5. The molecule has 0 amide bonds. The maximum absolute atomic E-state index is 13.6. The van der Waals surface area contributed by atoms with Gasteiger partial charge in [-0.1, -0.05) is 23.7 Å². The Kier molecular flexibility index (Phi) is 5.60. The van der Waals surface area contributed by atoms with Crippen LogP contribution in [0.2, 0.25) is 5.02 Å². The Hall–Kier alpha value is -3.29. The lowest BCUT2D eigenvalue weighted by molar-refractivity contribution is 0.0856. The van der Waals surface area contributed by atoms with Crippen molar-refractivity contribution in [3.05, 3.63) is 64.9 Å². The number of ketones is 1. The number of aromatic nitrogens is 3. The summed E-state index contributed by atoms with van der Waals surface area (Å²) in [7, 11) is 1.57. The molecule has 0 saturated carbocycles. The molecule has 2 aromatic heterocycles. The van der Waals surface area contributed by atoms with Crippen molar-refractivity contribution < 1.29 is 19.4 Å². The van der Waals surface area contributed by atoms with Gasteiger partial charge < -0.3 is 19.1 Å². The van der Waals surface area contributed by atoms with Gasteiger partial charge in [0.15, 0.2) is 5.78 Å². The summed E-state index contributed by atoms with van der Waals surface area (Å²) in [6, 6.07) is 11.4. The number of benzene rings is 2. The van der Waals surface area contributed by atoms with Gasteiger partial charge in [-0.3, -0.25) is 9.89 Å². The quantitative estimate of drug-likeness (QED) is 0.409. The number of hydrogen-bond acceptors (Lipinski definition) is 5. The van der Waals surface area contributed by atoms with Gasteiger partial charge in [-0.05, 0) is 48.7 Å². The van der Waals surface area contributed by atoms with Crippen LogP contribution in [0.4, 0.5) is 0 Å². The lowest BCUT2D eigenvalue weighted by atomic mass is 9.89. The van der Waals surface area contributed by atoms with Crippen LogP contribution in [0, 0.1) is 5.92 Å². The molecule has 0 spiro atoms. The van der Waals surface area contributed by atoms with Crippen molar-refractivity contribution in [1.29, 1.82) is 0 Å². The third-order valence-electron chi connectivity index (χ3n) is 6.02. The number of carbonyl (C=O) groups excluding carboxylic acids is 1. The highest BCUT2D eigenvalue weighted by molar-refractivity contribution is 6.30. The smallest absolute Gasteiger partial charge is 0.240 e. The van der Waals surface area contributed by atoms with E-state index in [1.54, 1.807) is 26.3 Å². The molecule has 2 N–H and O–H groups in total. The maximum Gasteiger partial charge on any atom is 0.240 e. The fourth-order valence-electron chi connectivity index (χ4n) is 4.48. The van der Waals surface area contributed by atoms with Gasteiger partial charge in [0.25, 0.3) is 0 Å². The zero-order valence-corrected chi connectivity index (χ0v) is 19.1. The van der Waals surface area contributed by atoms with Crippen molar-refractivity contribution in [2.75, 3.05) is 13.7 Å². The summed E-state index contributed by atoms with van der Waals surface area (Å²) in [6.45, 7) is 2.42. The third kappa shape index (κ3) is 3.98. The Bertz CT molecular complexity index is 1340. The van der Waals surface area contributed by atoms with Crippen molar-refractivity contribution in [2.45, 2.75) is 26.0 Å². The van der Waals surface area contributed by atoms with Gasteiger partial charge in [-0.15, -0.1) is 5.10 Å². The molecular weight excluding hydrogens is 442 g/mol. The Morgan fingerprint density at radius 3 is 3.00 bits per heavy atom. The molecular formula is C25H24ClN3O4. The van der Waals surface area contributed by atoms with Crippen molar-refractivity contribution in [3.8, 4) is 22.8 Å². The van der Waals surface area contributed by atoms with Crippen LogP contribution in [0.1, 0.15) is 22.8 Å². The Labute approximate surface area is 195 Å². The number of nitrogens with zero attached hydrogens (tertiary/aromatic N) is 2. The molecule has 5 rings (SSSR count). The summed E-state index contributed by atoms with van der Waals surface area (Å²) in [6.07, 6.45) is 3.62. The van der Waals surface area contributed by atoms with E-state index in [1.807, 2.05) is 41.1 Å². The number of H-pyrrole nitrogens is 1. The first-order valence-electron chi connectivity index (χ1n) is 10.8. The molecule has 7 nitrogen and oxygen atoms in total. The molecule has 1 aliphatic rings. The maximum atomic E-state index is 13.6. The van der Waals surface area contributed by atoms with Gasteiger partial charge in [0.2, 0.25) is 5.88 Å². The number of carbonyl (C=O) groups is 1. The van der Waals surface area contributed by atoms with Crippen LogP contribution < -0.4 is 9.47 Å². The fraction of sp³-hybridized carbons (Fsp3) is 0.280. The predicted molar refractivity (Wildman–Crippen MR) is 126 cm³/mol. The van der Waals surface area contributed by atoms with Gasteiger partial charge in [-0.25, -0.2) is 0 Å². The normalized spacial score (nSPS) is 16.3. The number of halogens is 1. The second-order valence-electron chi connectivity index (χ2n) is 8.41. The highest BCUT2D eigenvalue weighted by atomic mass is 35.5. The van der Waals surface area contributed by atoms with E-state index in [-0.39, 0.29) is 11.7 Å². The van der Waals surface area contributed by atoms with Crippen LogP contribution in [-0.4, -0.2) is 45.5 Å². The Morgan fingerprint density at radius 2 is 2.21 bits per heavy atom. The number of aromatic amines is 1. The predicted octanol–water partition coefficient (Wildman–Crippen LogP) is 4.51. The van der Waals surface area contributed by atoms with Crippen molar-refractivity contribution in [2.24, 2.45) is 5.92 Å². The van der Waals surface area contributed by atoms with Crippen LogP contribution in [0.15, 0.2) is 48.8 Å². The number of Topliss-reactive ketones (excluding diaryl/α,β-unsaturated/α-hetero) is 1. The second-order valence-corrected chi connectivity index (χ2v) is 8.85. The summed E-state index contributed by atoms with van der Waals surface area (Å²) >= 11 is 6.15. The van der Waals surface area contributed by atoms with Crippen molar-refractivity contribution >= 4 is 28.3 Å². The van der Waals surface area contributed by atoms with Crippen LogP contribution in [0.25, 0.3) is 22.0 Å². The van der Waals surface area contributed by atoms with Gasteiger partial charge in [0.1, 0.15) is 5.75 Å². The fourth-order valence-corrected chi connectivity index (χ4v) is 4.68. The van der Waals surface area contributed by atoms with Gasteiger partial charge in [0, 0.05) is 40.4 Å². The SMILES string of the molecule is COc1n[nH]cc1-c1ccc2c(C(=O)C3COc4ccc(Cl)cc4C3)cn(C[C@H](C)O)c2c1. The molecule has 8 heteroatoms. The topological polar surface area (TPSA) is 89.4 Å². The molecule has 170 valence electrons. The van der Waals surface area contributed by atoms with Crippen LogP contribution in [-0.2, 0) is 13.0 Å². The summed E-state index contributed by atoms with van der Waals surface area (Å²) < 4.78 is 13.1. The van der Waals surface area contributed by atoms with Gasteiger partial charge >= 0.3 is 0 Å². The number of fused-ring (bicyclic) bond motifs is 2. The molecule has 2 aromatic carbocycles. The molecule has 1 unspecified atom stereocenters. The van der Waals surface area contributed by atoms with Gasteiger partial charge in [-0.2, -0.15) is 0 Å². The van der Waals surface area contributed by atoms with Crippen molar-refractivity contribution in [3.63, 3.8) is 0 Å². The van der Waals surface area contributed by atoms with E-state index in [4.69, 9.17) is 21.1 Å². The first-order chi connectivity index (χ1) is 15.9. The monoisotopic (exact) mass is 465 g/mol. The van der Waals surface area contributed by atoms with Gasteiger partial charge in [0.05, 0.1) is 31.3 Å². The lowest BCUT2D eigenvalue weighted by Gasteiger charge is -2.24. The first-order valence-corrected chi connectivity index (χ1v) is 11.2. The molecule has 0 aliphatic carbocycles. The van der Waals surface area contributed by atoms with E-state index < -0.39 is 6.10 Å². The first kappa shape index (κ1) is 21.6. The number of rotatable bonds is 6. The zero-order valence-electron chi connectivity index (χ0n) is 18.3. The highest BCUT2D eigenvalue weighted by Gasteiger charge is 2.29. The lowest BCUT2D eigenvalue weighted by Crippen LogP contribution is -2.28. The minimum absolute atomic E-state index is 0.0172. The average Bonchev–Trinajstić information content (AvgIpc) is 3.42. The summed E-state index contributed by atoms with van der Waals surface area (Å²) in [5.74, 6) is 0.980. The van der Waals surface area contributed by atoms with E-state index in [0.29, 0.717) is 36.0 Å². The molecule has 4 aromatic rings. The van der Waals surface area contributed by atoms with E-state index in [1.165, 1.54) is 0 Å². The van der Waals surface area contributed by atoms with E-state index in [9.17, 15) is 9.90 Å². The molecule has 0 bridgehead atoms. The molecule has 1 aliphatic heterocycles. The highest BCUT2D eigenvalue weighted by Crippen LogP contribution is 2.35. The van der Waals surface area contributed by atoms with E-state index in [0.717, 1.165) is 33.3 Å². The van der Waals surface area contributed by atoms with E-state index >= 15 is 0 Å². The zero-order chi connectivity index (χ0) is 23.1. The molecule has 33 heavy (non-hydrogen) atoms. The minimum Gasteiger partial charge on any atom is -0.493 e. The Morgan fingerprint density at radius 1 is 1.36 bits per heavy atom. The van der Waals surface area contributed by atoms with Crippen LogP contribution in [0.5, 0.6) is 11.6 Å². The summed E-state index contributed by atoms with van der Waals surface area (Å²) in [4.78, 5) is 13.6. The standard InChI is InChI=1S/C25H24ClN3O4/c1-14(30)11-29-12-21(24(31)17-7-16-8-18(26)4-6-23(16)33-13-17)19-5-3-15(9-22(19)29)20-10-27-28-25(20)32-2/h3-6,8-10,12,14,17,30H,7,11,13H2,1-2H3,(H,27,28)/t14-,17?/m0/s1. The largest absolute Gasteiger partial charge is 0.493 e. The van der Waals surface area contributed by atoms with E-state index in [2.05, 4.69) is 10.2 Å².